The predicted molar refractivity (Wildman–Crippen MR) is 127 cm³/mol. The second-order valence-corrected chi connectivity index (χ2v) is 6.12. The van der Waals surface area contributed by atoms with Gasteiger partial charge in [0.15, 0.2) is 0 Å². The molecule has 0 unspecified atom stereocenters. The number of benzene rings is 3. The van der Waals surface area contributed by atoms with E-state index in [2.05, 4.69) is 13.2 Å². The van der Waals surface area contributed by atoms with Crippen LogP contribution in [-0.2, 0) is 4.74 Å². The molecule has 0 saturated heterocycles. The van der Waals surface area contributed by atoms with Crippen molar-refractivity contribution in [1.29, 1.82) is 0 Å². The molecule has 0 bridgehead atoms. The zero-order valence-electron chi connectivity index (χ0n) is 16.9. The van der Waals surface area contributed by atoms with E-state index in [1.807, 2.05) is 84.9 Å². The lowest BCUT2D eigenvalue weighted by Crippen LogP contribution is -1.80. The van der Waals surface area contributed by atoms with Gasteiger partial charge < -0.3 is 9.47 Å². The Morgan fingerprint density at radius 1 is 0.690 bits per heavy atom. The summed E-state index contributed by atoms with van der Waals surface area (Å²) in [5, 5.41) is 0.764. The molecule has 0 aromatic heterocycles. The third-order valence-corrected chi connectivity index (χ3v) is 3.91. The SMILES string of the molecule is C=Cc1ccc(Cl)cc1.C=Cc1ccc(OC)cc1.COC=Cc1ccccc1. The van der Waals surface area contributed by atoms with Crippen molar-refractivity contribution in [3.8, 4) is 5.75 Å². The molecule has 0 N–H and O–H groups in total. The van der Waals surface area contributed by atoms with Crippen molar-refractivity contribution in [2.45, 2.75) is 0 Å². The molecule has 0 radical (unpaired) electrons. The molecule has 29 heavy (non-hydrogen) atoms. The average Bonchev–Trinajstić information content (AvgIpc) is 2.80. The van der Waals surface area contributed by atoms with Crippen molar-refractivity contribution in [3.63, 3.8) is 0 Å². The van der Waals surface area contributed by atoms with Crippen molar-refractivity contribution in [2.75, 3.05) is 14.2 Å². The van der Waals surface area contributed by atoms with Crippen molar-refractivity contribution in [1.82, 2.24) is 0 Å². The molecular formula is C26H27ClO2. The van der Waals surface area contributed by atoms with Crippen molar-refractivity contribution >= 4 is 29.8 Å². The van der Waals surface area contributed by atoms with Crippen LogP contribution >= 0.6 is 11.6 Å². The van der Waals surface area contributed by atoms with Gasteiger partial charge in [0.25, 0.3) is 0 Å². The Morgan fingerprint density at radius 3 is 1.66 bits per heavy atom. The Morgan fingerprint density at radius 2 is 1.21 bits per heavy atom. The number of hydrogen-bond acceptors (Lipinski definition) is 2. The van der Waals surface area contributed by atoms with E-state index in [0.717, 1.165) is 27.5 Å². The van der Waals surface area contributed by atoms with Crippen LogP contribution in [0.3, 0.4) is 0 Å². The van der Waals surface area contributed by atoms with Crippen LogP contribution in [0.1, 0.15) is 16.7 Å². The number of ether oxygens (including phenoxy) is 2. The highest BCUT2D eigenvalue weighted by Gasteiger charge is 1.87. The van der Waals surface area contributed by atoms with Crippen molar-refractivity contribution in [2.24, 2.45) is 0 Å². The van der Waals surface area contributed by atoms with Gasteiger partial charge >= 0.3 is 0 Å². The molecule has 0 amide bonds. The van der Waals surface area contributed by atoms with E-state index in [9.17, 15) is 0 Å². The zero-order chi connectivity index (χ0) is 21.3. The first kappa shape index (κ1) is 23.8. The Balaban J connectivity index is 0.000000218. The summed E-state index contributed by atoms with van der Waals surface area (Å²) >= 11 is 5.63. The fourth-order valence-corrected chi connectivity index (χ4v) is 2.18. The normalized spacial score (nSPS) is 9.34. The molecule has 0 saturated carbocycles. The molecule has 0 spiro atoms. The predicted octanol–water partition coefficient (Wildman–Crippen LogP) is 7.62. The van der Waals surface area contributed by atoms with Crippen LogP contribution < -0.4 is 4.74 Å². The topological polar surface area (TPSA) is 18.5 Å². The molecule has 3 aromatic rings. The lowest BCUT2D eigenvalue weighted by Gasteiger charge is -1.97. The summed E-state index contributed by atoms with van der Waals surface area (Å²) in [5.41, 5.74) is 3.37. The largest absolute Gasteiger partial charge is 0.504 e. The summed E-state index contributed by atoms with van der Waals surface area (Å²) < 4.78 is 9.74. The van der Waals surface area contributed by atoms with Crippen LogP contribution in [0.4, 0.5) is 0 Å². The number of methoxy groups -OCH3 is 2. The van der Waals surface area contributed by atoms with Gasteiger partial charge in [-0.1, -0.05) is 91.5 Å². The summed E-state index contributed by atoms with van der Waals surface area (Å²) in [5.74, 6) is 0.880. The van der Waals surface area contributed by atoms with Crippen molar-refractivity contribution in [3.05, 3.63) is 120 Å². The molecule has 0 fully saturated rings. The summed E-state index contributed by atoms with van der Waals surface area (Å²) in [7, 11) is 3.29. The monoisotopic (exact) mass is 406 g/mol. The molecule has 0 heterocycles. The molecule has 3 heteroatoms. The van der Waals surface area contributed by atoms with Crippen molar-refractivity contribution < 1.29 is 9.47 Å². The minimum Gasteiger partial charge on any atom is -0.504 e. The van der Waals surface area contributed by atoms with E-state index in [4.69, 9.17) is 21.1 Å². The quantitative estimate of drug-likeness (QED) is 0.405. The second-order valence-electron chi connectivity index (χ2n) is 5.68. The number of hydrogen-bond donors (Lipinski definition) is 0. The molecule has 3 rings (SSSR count). The average molecular weight is 407 g/mol. The molecule has 2 nitrogen and oxygen atoms in total. The first-order valence-electron chi connectivity index (χ1n) is 9.01. The van der Waals surface area contributed by atoms with E-state index < -0.39 is 0 Å². The fraction of sp³-hybridized carbons (Fsp3) is 0.0769. The summed E-state index contributed by atoms with van der Waals surface area (Å²) in [6.45, 7) is 7.26. The van der Waals surface area contributed by atoms with Gasteiger partial charge in [0.1, 0.15) is 5.75 Å². The van der Waals surface area contributed by atoms with Crippen LogP contribution in [0, 0.1) is 0 Å². The van der Waals surface area contributed by atoms with Gasteiger partial charge in [-0.15, -0.1) is 0 Å². The first-order valence-corrected chi connectivity index (χ1v) is 9.39. The summed E-state index contributed by atoms with van der Waals surface area (Å²) in [4.78, 5) is 0. The van der Waals surface area contributed by atoms with Gasteiger partial charge in [-0.25, -0.2) is 0 Å². The molecule has 0 atom stereocenters. The van der Waals surface area contributed by atoms with Gasteiger partial charge in [0, 0.05) is 5.02 Å². The molecule has 0 aliphatic rings. The molecule has 3 aromatic carbocycles. The van der Waals surface area contributed by atoms with E-state index in [-0.39, 0.29) is 0 Å². The number of rotatable bonds is 5. The van der Waals surface area contributed by atoms with Crippen LogP contribution in [0.15, 0.2) is 98.3 Å². The highest BCUT2D eigenvalue weighted by molar-refractivity contribution is 6.30. The summed E-state index contributed by atoms with van der Waals surface area (Å²) in [6, 6.07) is 25.3. The molecule has 150 valence electrons. The minimum atomic E-state index is 0.764. The molecule has 0 aliphatic carbocycles. The second kappa shape index (κ2) is 14.8. The Hall–Kier alpha value is -3.23. The van der Waals surface area contributed by atoms with Crippen LogP contribution in [0.5, 0.6) is 5.75 Å². The number of halogens is 1. The van der Waals surface area contributed by atoms with E-state index in [1.54, 1.807) is 32.6 Å². The summed E-state index contributed by atoms with van der Waals surface area (Å²) in [6.07, 6.45) is 7.17. The van der Waals surface area contributed by atoms with E-state index >= 15 is 0 Å². The van der Waals surface area contributed by atoms with Gasteiger partial charge in [-0.05, 0) is 47.0 Å². The minimum absolute atomic E-state index is 0.764. The standard InChI is InChI=1S/2C9H10O.C8H7Cl/c1-10-8-7-9-5-3-2-4-6-9;1-3-8-4-6-9(10-2)7-5-8;1-2-7-3-5-8(9)6-4-7/h2-8H,1H3;3-7H,1H2,2H3;2-6H,1H2. The Labute approximate surface area is 179 Å². The van der Waals surface area contributed by atoms with E-state index in [1.165, 1.54) is 0 Å². The van der Waals surface area contributed by atoms with Gasteiger partial charge in [0.05, 0.1) is 20.5 Å². The van der Waals surface area contributed by atoms with Crippen LogP contribution in [0.2, 0.25) is 5.02 Å². The zero-order valence-corrected chi connectivity index (χ0v) is 17.7. The smallest absolute Gasteiger partial charge is 0.118 e. The lowest BCUT2D eigenvalue weighted by atomic mass is 10.2. The van der Waals surface area contributed by atoms with Crippen LogP contribution in [0.25, 0.3) is 18.2 Å². The highest BCUT2D eigenvalue weighted by atomic mass is 35.5. The first-order chi connectivity index (χ1) is 14.1. The third-order valence-electron chi connectivity index (χ3n) is 3.65. The van der Waals surface area contributed by atoms with Gasteiger partial charge in [-0.3, -0.25) is 0 Å². The van der Waals surface area contributed by atoms with Gasteiger partial charge in [0.2, 0.25) is 0 Å². The molecule has 0 aliphatic heterocycles. The fourth-order valence-electron chi connectivity index (χ4n) is 2.05. The lowest BCUT2D eigenvalue weighted by molar-refractivity contribution is 0.341. The Bertz CT molecular complexity index is 851. The Kier molecular flexibility index (Phi) is 12.1. The maximum absolute atomic E-state index is 5.63. The van der Waals surface area contributed by atoms with Gasteiger partial charge in [-0.2, -0.15) is 0 Å². The maximum Gasteiger partial charge on any atom is 0.118 e. The van der Waals surface area contributed by atoms with E-state index in [0.29, 0.717) is 0 Å². The maximum atomic E-state index is 5.63. The van der Waals surface area contributed by atoms with Crippen LogP contribution in [-0.4, -0.2) is 14.2 Å². The highest BCUT2D eigenvalue weighted by Crippen LogP contribution is 2.11. The molecular weight excluding hydrogens is 380 g/mol. The third kappa shape index (κ3) is 10.6.